The minimum atomic E-state index is -0.322. The standard InChI is InChI=1S/C18H16N2O4S/c1-20(12-4-6-13(21)7-5-12)18-19-17(23)16(25-18)10-11-3-8-14(22)15(9-11)24-2/h3-10,21-22H,1-2H3/b16-10-. The molecule has 0 aromatic heterocycles. The molecule has 3 rings (SSSR count). The van der Waals surface area contributed by atoms with Crippen molar-refractivity contribution < 1.29 is 19.7 Å². The van der Waals surface area contributed by atoms with E-state index in [0.717, 1.165) is 11.3 Å². The quantitative estimate of drug-likeness (QED) is 0.822. The summed E-state index contributed by atoms with van der Waals surface area (Å²) in [4.78, 5) is 18.5. The number of benzene rings is 2. The Labute approximate surface area is 149 Å². The van der Waals surface area contributed by atoms with E-state index >= 15 is 0 Å². The van der Waals surface area contributed by atoms with Crippen molar-refractivity contribution >= 4 is 34.6 Å². The van der Waals surface area contributed by atoms with Crippen LogP contribution in [0, 0.1) is 0 Å². The number of carbonyl (C=O) groups is 1. The smallest absolute Gasteiger partial charge is 0.286 e. The van der Waals surface area contributed by atoms with Gasteiger partial charge in [-0.2, -0.15) is 4.99 Å². The predicted octanol–water partition coefficient (Wildman–Crippen LogP) is 3.21. The molecule has 2 aromatic carbocycles. The molecule has 128 valence electrons. The Morgan fingerprint density at radius 1 is 1.16 bits per heavy atom. The fourth-order valence-corrected chi connectivity index (χ4v) is 3.16. The first-order valence-electron chi connectivity index (χ1n) is 7.40. The molecule has 1 aliphatic rings. The van der Waals surface area contributed by atoms with Crippen molar-refractivity contribution in [2.24, 2.45) is 4.99 Å². The van der Waals surface area contributed by atoms with Crippen molar-refractivity contribution in [3.63, 3.8) is 0 Å². The second-order valence-corrected chi connectivity index (χ2v) is 6.33. The zero-order chi connectivity index (χ0) is 18.0. The largest absolute Gasteiger partial charge is 0.508 e. The summed E-state index contributed by atoms with van der Waals surface area (Å²) >= 11 is 1.26. The number of phenols is 2. The van der Waals surface area contributed by atoms with Gasteiger partial charge in [0.05, 0.1) is 12.0 Å². The molecule has 0 radical (unpaired) electrons. The number of amidine groups is 1. The van der Waals surface area contributed by atoms with Gasteiger partial charge in [0.2, 0.25) is 0 Å². The number of rotatable bonds is 3. The normalized spacial score (nSPS) is 15.4. The fourth-order valence-electron chi connectivity index (χ4n) is 2.26. The SMILES string of the molecule is COc1cc(/C=C2\SC(N(C)c3ccc(O)cc3)=NC2=O)ccc1O. The van der Waals surface area contributed by atoms with Crippen LogP contribution in [0.5, 0.6) is 17.2 Å². The highest BCUT2D eigenvalue weighted by molar-refractivity contribution is 8.18. The number of carbonyl (C=O) groups excluding carboxylic acids is 1. The number of aliphatic imine (C=N–C) groups is 1. The van der Waals surface area contributed by atoms with Crippen molar-refractivity contribution in [2.75, 3.05) is 19.1 Å². The minimum Gasteiger partial charge on any atom is -0.508 e. The molecule has 0 spiro atoms. The van der Waals surface area contributed by atoms with Gasteiger partial charge in [0.15, 0.2) is 16.7 Å². The maximum atomic E-state index is 12.2. The van der Waals surface area contributed by atoms with E-state index in [4.69, 9.17) is 4.74 Å². The second-order valence-electron chi connectivity index (χ2n) is 5.32. The van der Waals surface area contributed by atoms with Crippen molar-refractivity contribution in [2.45, 2.75) is 0 Å². The zero-order valence-corrected chi connectivity index (χ0v) is 14.4. The third-order valence-electron chi connectivity index (χ3n) is 3.63. The topological polar surface area (TPSA) is 82.4 Å². The Kier molecular flexibility index (Phi) is 4.67. The summed E-state index contributed by atoms with van der Waals surface area (Å²) < 4.78 is 5.08. The van der Waals surface area contributed by atoms with Crippen LogP contribution in [0.4, 0.5) is 5.69 Å². The van der Waals surface area contributed by atoms with Crippen LogP contribution in [0.3, 0.4) is 0 Å². The van der Waals surface area contributed by atoms with Gasteiger partial charge < -0.3 is 19.8 Å². The van der Waals surface area contributed by atoms with Gasteiger partial charge in [0, 0.05) is 12.7 Å². The van der Waals surface area contributed by atoms with Crippen LogP contribution in [0.1, 0.15) is 5.56 Å². The van der Waals surface area contributed by atoms with Crippen LogP contribution >= 0.6 is 11.8 Å². The van der Waals surface area contributed by atoms with E-state index in [1.165, 1.54) is 24.9 Å². The van der Waals surface area contributed by atoms with E-state index in [9.17, 15) is 15.0 Å². The molecule has 7 heteroatoms. The summed E-state index contributed by atoms with van der Waals surface area (Å²) in [5, 5.41) is 19.6. The monoisotopic (exact) mass is 356 g/mol. The molecule has 0 atom stereocenters. The van der Waals surface area contributed by atoms with Crippen molar-refractivity contribution in [1.29, 1.82) is 0 Å². The van der Waals surface area contributed by atoms with Crippen LogP contribution in [-0.2, 0) is 4.79 Å². The number of anilines is 1. The van der Waals surface area contributed by atoms with Crippen LogP contribution in [0.25, 0.3) is 6.08 Å². The summed E-state index contributed by atoms with van der Waals surface area (Å²) in [6, 6.07) is 11.5. The average Bonchev–Trinajstić information content (AvgIpc) is 2.97. The van der Waals surface area contributed by atoms with Gasteiger partial charge in [0.1, 0.15) is 5.75 Å². The van der Waals surface area contributed by atoms with Gasteiger partial charge in [-0.1, -0.05) is 6.07 Å². The van der Waals surface area contributed by atoms with Gasteiger partial charge >= 0.3 is 0 Å². The molecule has 0 saturated carbocycles. The van der Waals surface area contributed by atoms with E-state index in [1.54, 1.807) is 54.4 Å². The number of nitrogens with zero attached hydrogens (tertiary/aromatic N) is 2. The number of ether oxygens (including phenoxy) is 1. The number of phenolic OH excluding ortho intramolecular Hbond substituents is 2. The van der Waals surface area contributed by atoms with Crippen molar-refractivity contribution in [3.05, 3.63) is 52.9 Å². The van der Waals surface area contributed by atoms with Gasteiger partial charge in [-0.25, -0.2) is 0 Å². The molecule has 0 saturated heterocycles. The molecule has 0 aliphatic carbocycles. The number of hydrogen-bond acceptors (Lipinski definition) is 6. The number of aromatic hydroxyl groups is 2. The van der Waals surface area contributed by atoms with Gasteiger partial charge in [-0.15, -0.1) is 0 Å². The van der Waals surface area contributed by atoms with Crippen LogP contribution in [0.15, 0.2) is 52.4 Å². The molecule has 0 fully saturated rings. The van der Waals surface area contributed by atoms with Crippen LogP contribution in [0.2, 0.25) is 0 Å². The summed E-state index contributed by atoms with van der Waals surface area (Å²) in [6.45, 7) is 0. The Morgan fingerprint density at radius 2 is 1.88 bits per heavy atom. The highest BCUT2D eigenvalue weighted by Crippen LogP contribution is 2.34. The summed E-state index contributed by atoms with van der Waals surface area (Å²) in [7, 11) is 3.27. The summed E-state index contributed by atoms with van der Waals surface area (Å²) in [6.07, 6.45) is 1.70. The van der Waals surface area contributed by atoms with Crippen molar-refractivity contribution in [1.82, 2.24) is 0 Å². The Balaban J connectivity index is 1.81. The van der Waals surface area contributed by atoms with E-state index in [1.807, 2.05) is 0 Å². The average molecular weight is 356 g/mol. The van der Waals surface area contributed by atoms with Crippen molar-refractivity contribution in [3.8, 4) is 17.2 Å². The van der Waals surface area contributed by atoms with Crippen LogP contribution < -0.4 is 9.64 Å². The second kappa shape index (κ2) is 6.90. The lowest BCUT2D eigenvalue weighted by molar-refractivity contribution is -0.113. The molecule has 1 heterocycles. The first kappa shape index (κ1) is 16.9. The van der Waals surface area contributed by atoms with Gasteiger partial charge in [-0.05, 0) is 59.8 Å². The fraction of sp³-hybridized carbons (Fsp3) is 0.111. The molecular weight excluding hydrogens is 340 g/mol. The maximum absolute atomic E-state index is 12.2. The zero-order valence-electron chi connectivity index (χ0n) is 13.6. The molecule has 2 N–H and O–H groups in total. The van der Waals surface area contributed by atoms with E-state index in [2.05, 4.69) is 4.99 Å². The summed E-state index contributed by atoms with van der Waals surface area (Å²) in [5.41, 5.74) is 1.54. The third kappa shape index (κ3) is 3.61. The molecule has 2 aromatic rings. The highest BCUT2D eigenvalue weighted by atomic mass is 32.2. The molecule has 0 bridgehead atoms. The number of methoxy groups -OCH3 is 1. The van der Waals surface area contributed by atoms with E-state index < -0.39 is 0 Å². The molecule has 1 aliphatic heterocycles. The Bertz CT molecular complexity index is 875. The predicted molar refractivity (Wildman–Crippen MR) is 99.2 cm³/mol. The number of thioether (sulfide) groups is 1. The first-order chi connectivity index (χ1) is 12.0. The molecular formula is C18H16N2O4S. The lowest BCUT2D eigenvalue weighted by atomic mass is 10.2. The van der Waals surface area contributed by atoms with E-state index in [0.29, 0.717) is 15.8 Å². The number of hydrogen-bond donors (Lipinski definition) is 2. The lowest BCUT2D eigenvalue weighted by Gasteiger charge is -2.17. The molecule has 25 heavy (non-hydrogen) atoms. The number of amides is 1. The molecule has 6 nitrogen and oxygen atoms in total. The third-order valence-corrected chi connectivity index (χ3v) is 4.69. The Hall–Kier alpha value is -2.93. The van der Waals surface area contributed by atoms with Gasteiger partial charge in [-0.3, -0.25) is 4.79 Å². The Morgan fingerprint density at radius 3 is 2.56 bits per heavy atom. The summed E-state index contributed by atoms with van der Waals surface area (Å²) in [5.74, 6) is 0.236. The molecule has 1 amide bonds. The lowest BCUT2D eigenvalue weighted by Crippen LogP contribution is -2.21. The van der Waals surface area contributed by atoms with E-state index in [-0.39, 0.29) is 17.4 Å². The minimum absolute atomic E-state index is 0.0408. The van der Waals surface area contributed by atoms with Gasteiger partial charge in [0.25, 0.3) is 5.91 Å². The van der Waals surface area contributed by atoms with Crippen LogP contribution in [-0.4, -0.2) is 35.4 Å². The maximum Gasteiger partial charge on any atom is 0.286 e. The first-order valence-corrected chi connectivity index (χ1v) is 8.22. The highest BCUT2D eigenvalue weighted by Gasteiger charge is 2.25. The molecule has 0 unspecified atom stereocenters.